The summed E-state index contributed by atoms with van der Waals surface area (Å²) in [5.74, 6) is -0.544. The van der Waals surface area contributed by atoms with Gasteiger partial charge in [0.25, 0.3) is 15.9 Å². The number of anilines is 1. The third kappa shape index (κ3) is 5.30. The van der Waals surface area contributed by atoms with Crippen molar-refractivity contribution < 1.29 is 13.2 Å². The summed E-state index contributed by atoms with van der Waals surface area (Å²) in [4.78, 5) is 12.5. The highest BCUT2D eigenvalue weighted by Gasteiger charge is 2.26. The number of hydrogen-bond acceptors (Lipinski definition) is 4. The predicted molar refractivity (Wildman–Crippen MR) is 114 cm³/mol. The smallest absolute Gasteiger partial charge is 0.264 e. The molecule has 0 atom stereocenters. The van der Waals surface area contributed by atoms with Gasteiger partial charge >= 0.3 is 0 Å². The van der Waals surface area contributed by atoms with Gasteiger partial charge in [-0.15, -0.1) is 0 Å². The zero-order valence-corrected chi connectivity index (χ0v) is 16.7. The van der Waals surface area contributed by atoms with Gasteiger partial charge in [-0.2, -0.15) is 5.10 Å². The monoisotopic (exact) mass is 407 g/mol. The van der Waals surface area contributed by atoms with Crippen LogP contribution in [0.2, 0.25) is 0 Å². The Morgan fingerprint density at radius 3 is 2.14 bits per heavy atom. The standard InChI is InChI=1S/C22H21N3O3S/c1-18-12-14-20(15-13-18)25(29(27,28)21-10-6-3-7-11-21)17-22(26)24-23-16-19-8-4-2-5-9-19/h2-16H,17H2,1H3,(H,24,26). The summed E-state index contributed by atoms with van der Waals surface area (Å²) in [5.41, 5.74) is 4.60. The zero-order valence-electron chi connectivity index (χ0n) is 15.9. The van der Waals surface area contributed by atoms with E-state index in [1.807, 2.05) is 37.3 Å². The molecule has 0 bridgehead atoms. The van der Waals surface area contributed by atoms with Crippen LogP contribution in [0.3, 0.4) is 0 Å². The zero-order chi connectivity index (χ0) is 20.7. The molecule has 3 aromatic rings. The fourth-order valence-corrected chi connectivity index (χ4v) is 4.07. The Bertz CT molecular complexity index is 1080. The molecular formula is C22H21N3O3S. The Hall–Kier alpha value is -3.45. The Morgan fingerprint density at radius 2 is 1.52 bits per heavy atom. The van der Waals surface area contributed by atoms with Crippen molar-refractivity contribution in [1.29, 1.82) is 0 Å². The number of nitrogens with one attached hydrogen (secondary N) is 1. The molecule has 0 aliphatic carbocycles. The van der Waals surface area contributed by atoms with Gasteiger partial charge in [0.15, 0.2) is 0 Å². The van der Waals surface area contributed by atoms with Crippen molar-refractivity contribution in [3.8, 4) is 0 Å². The molecule has 1 N–H and O–H groups in total. The summed E-state index contributed by atoms with van der Waals surface area (Å²) in [7, 11) is -3.92. The lowest BCUT2D eigenvalue weighted by Gasteiger charge is -2.23. The van der Waals surface area contributed by atoms with Crippen molar-refractivity contribution in [3.05, 3.63) is 96.1 Å². The van der Waals surface area contributed by atoms with Gasteiger partial charge in [-0.25, -0.2) is 13.8 Å². The minimum absolute atomic E-state index is 0.112. The number of hydrazone groups is 1. The second-order valence-electron chi connectivity index (χ2n) is 6.36. The van der Waals surface area contributed by atoms with Crippen LogP contribution in [0, 0.1) is 6.92 Å². The quantitative estimate of drug-likeness (QED) is 0.482. The molecule has 3 aromatic carbocycles. The first-order valence-corrected chi connectivity index (χ1v) is 10.4. The van der Waals surface area contributed by atoms with Crippen LogP contribution in [-0.4, -0.2) is 27.1 Å². The van der Waals surface area contributed by atoms with Crippen molar-refractivity contribution in [2.45, 2.75) is 11.8 Å². The molecule has 0 radical (unpaired) electrons. The molecule has 0 aliphatic heterocycles. The fraction of sp³-hybridized carbons (Fsp3) is 0.0909. The summed E-state index contributed by atoms with van der Waals surface area (Å²) in [6.45, 7) is 1.51. The first kappa shape index (κ1) is 20.3. The van der Waals surface area contributed by atoms with Crippen molar-refractivity contribution >= 4 is 27.8 Å². The highest BCUT2D eigenvalue weighted by Crippen LogP contribution is 2.23. The molecule has 0 aromatic heterocycles. The van der Waals surface area contributed by atoms with Crippen molar-refractivity contribution in [2.75, 3.05) is 10.8 Å². The van der Waals surface area contributed by atoms with Crippen LogP contribution in [0.25, 0.3) is 0 Å². The van der Waals surface area contributed by atoms with Gasteiger partial charge in [0.1, 0.15) is 6.54 Å². The number of benzene rings is 3. The molecular weight excluding hydrogens is 386 g/mol. The Balaban J connectivity index is 1.83. The number of hydrogen-bond donors (Lipinski definition) is 1. The fourth-order valence-electron chi connectivity index (χ4n) is 2.63. The molecule has 7 heteroatoms. The highest BCUT2D eigenvalue weighted by molar-refractivity contribution is 7.92. The average Bonchev–Trinajstić information content (AvgIpc) is 2.74. The van der Waals surface area contributed by atoms with Gasteiger partial charge in [0.2, 0.25) is 0 Å². The maximum absolute atomic E-state index is 13.2. The van der Waals surface area contributed by atoms with E-state index in [4.69, 9.17) is 0 Å². The summed E-state index contributed by atoms with van der Waals surface area (Å²) in [6, 6.07) is 24.3. The number of aryl methyl sites for hydroxylation is 1. The van der Waals surface area contributed by atoms with Gasteiger partial charge in [0.05, 0.1) is 16.8 Å². The highest BCUT2D eigenvalue weighted by atomic mass is 32.2. The lowest BCUT2D eigenvalue weighted by atomic mass is 10.2. The number of carbonyl (C=O) groups excluding carboxylic acids is 1. The van der Waals surface area contributed by atoms with Crippen LogP contribution in [0.4, 0.5) is 5.69 Å². The third-order valence-electron chi connectivity index (χ3n) is 4.14. The first-order valence-electron chi connectivity index (χ1n) is 8.98. The van der Waals surface area contributed by atoms with E-state index in [0.29, 0.717) is 5.69 Å². The molecule has 148 valence electrons. The molecule has 0 saturated carbocycles. The van der Waals surface area contributed by atoms with Crippen LogP contribution in [0.5, 0.6) is 0 Å². The van der Waals surface area contributed by atoms with E-state index in [1.54, 1.807) is 42.5 Å². The molecule has 0 heterocycles. The van der Waals surface area contributed by atoms with E-state index in [0.717, 1.165) is 15.4 Å². The second kappa shape index (κ2) is 9.16. The van der Waals surface area contributed by atoms with E-state index in [1.165, 1.54) is 18.3 Å². The summed E-state index contributed by atoms with van der Waals surface area (Å²) < 4.78 is 27.4. The minimum atomic E-state index is -3.92. The molecule has 0 aliphatic rings. The first-order chi connectivity index (χ1) is 14.0. The molecule has 0 spiro atoms. The second-order valence-corrected chi connectivity index (χ2v) is 8.23. The minimum Gasteiger partial charge on any atom is -0.271 e. The van der Waals surface area contributed by atoms with Gasteiger partial charge in [-0.1, -0.05) is 66.2 Å². The number of nitrogens with zero attached hydrogens (tertiary/aromatic N) is 2. The van der Waals surface area contributed by atoms with Crippen LogP contribution in [-0.2, 0) is 14.8 Å². The maximum Gasteiger partial charge on any atom is 0.264 e. The van der Waals surface area contributed by atoms with Crippen LogP contribution in [0.15, 0.2) is 94.9 Å². The Labute approximate surface area is 170 Å². The molecule has 1 amide bonds. The van der Waals surface area contributed by atoms with Crippen LogP contribution >= 0.6 is 0 Å². The van der Waals surface area contributed by atoms with Gasteiger partial charge in [0, 0.05) is 0 Å². The van der Waals surface area contributed by atoms with E-state index < -0.39 is 22.5 Å². The number of carbonyl (C=O) groups is 1. The molecule has 3 rings (SSSR count). The topological polar surface area (TPSA) is 78.8 Å². The molecule has 6 nitrogen and oxygen atoms in total. The van der Waals surface area contributed by atoms with Gasteiger partial charge < -0.3 is 0 Å². The number of sulfonamides is 1. The van der Waals surface area contributed by atoms with Crippen molar-refractivity contribution in [3.63, 3.8) is 0 Å². The van der Waals surface area contributed by atoms with Crippen molar-refractivity contribution in [2.24, 2.45) is 5.10 Å². The largest absolute Gasteiger partial charge is 0.271 e. The normalized spacial score (nSPS) is 11.3. The van der Waals surface area contributed by atoms with Crippen molar-refractivity contribution in [1.82, 2.24) is 5.43 Å². The summed E-state index contributed by atoms with van der Waals surface area (Å²) >= 11 is 0. The van der Waals surface area contributed by atoms with Crippen LogP contribution < -0.4 is 9.73 Å². The third-order valence-corrected chi connectivity index (χ3v) is 5.93. The lowest BCUT2D eigenvalue weighted by Crippen LogP contribution is -2.39. The van der Waals surface area contributed by atoms with E-state index in [-0.39, 0.29) is 4.90 Å². The number of rotatable bonds is 7. The molecule has 29 heavy (non-hydrogen) atoms. The van der Waals surface area contributed by atoms with E-state index in [2.05, 4.69) is 10.5 Å². The summed E-state index contributed by atoms with van der Waals surface area (Å²) in [6.07, 6.45) is 1.50. The average molecular weight is 407 g/mol. The van der Waals surface area contributed by atoms with Gasteiger partial charge in [-0.3, -0.25) is 9.10 Å². The Morgan fingerprint density at radius 1 is 0.931 bits per heavy atom. The lowest BCUT2D eigenvalue weighted by molar-refractivity contribution is -0.119. The molecule has 0 unspecified atom stereocenters. The van der Waals surface area contributed by atoms with E-state index in [9.17, 15) is 13.2 Å². The maximum atomic E-state index is 13.2. The number of amides is 1. The summed E-state index contributed by atoms with van der Waals surface area (Å²) in [5, 5.41) is 3.91. The Kier molecular flexibility index (Phi) is 6.41. The van der Waals surface area contributed by atoms with E-state index >= 15 is 0 Å². The molecule has 0 fully saturated rings. The molecule has 0 saturated heterocycles. The SMILES string of the molecule is Cc1ccc(N(CC(=O)NN=Cc2ccccc2)S(=O)(=O)c2ccccc2)cc1. The predicted octanol–water partition coefficient (Wildman–Crippen LogP) is 3.34. The van der Waals surface area contributed by atoms with Crippen LogP contribution in [0.1, 0.15) is 11.1 Å². The van der Waals surface area contributed by atoms with Gasteiger partial charge in [-0.05, 0) is 36.8 Å².